The molecule has 5 rings (SSSR count). The number of likely N-dealkylation sites (tertiary alicyclic amines) is 1. The van der Waals surface area contributed by atoms with Gasteiger partial charge in [0.05, 0.1) is 12.1 Å². The Kier molecular flexibility index (Phi) is 5.63. The zero-order valence-corrected chi connectivity index (χ0v) is 18.9. The van der Waals surface area contributed by atoms with E-state index in [9.17, 15) is 9.59 Å². The number of piperidine rings is 1. The van der Waals surface area contributed by atoms with Crippen LogP contribution in [0.4, 0.5) is 5.69 Å². The number of hydrogen-bond donors (Lipinski definition) is 2. The third-order valence-electron chi connectivity index (χ3n) is 5.99. The molecule has 0 saturated carbocycles. The first-order valence-corrected chi connectivity index (χ1v) is 11.1. The number of anilines is 1. The summed E-state index contributed by atoms with van der Waals surface area (Å²) >= 11 is 5.92. The van der Waals surface area contributed by atoms with Crippen molar-refractivity contribution in [2.45, 2.75) is 25.5 Å². The number of nitrogens with two attached hydrogens (primary N) is 2. The van der Waals surface area contributed by atoms with Crippen molar-refractivity contribution in [1.82, 2.24) is 4.90 Å². The summed E-state index contributed by atoms with van der Waals surface area (Å²) in [6.45, 7) is 0.499. The van der Waals surface area contributed by atoms with Crippen LogP contribution in [-0.4, -0.2) is 16.7 Å². The highest BCUT2D eigenvalue weighted by molar-refractivity contribution is 6.30. The molecule has 34 heavy (non-hydrogen) atoms. The molecule has 0 aromatic heterocycles. The fourth-order valence-corrected chi connectivity index (χ4v) is 4.33. The molecule has 0 bridgehead atoms. The van der Waals surface area contributed by atoms with Crippen molar-refractivity contribution in [2.24, 2.45) is 5.73 Å². The number of rotatable bonds is 5. The summed E-state index contributed by atoms with van der Waals surface area (Å²) in [5.74, 6) is -0.0942. The molecule has 0 spiro atoms. The summed E-state index contributed by atoms with van der Waals surface area (Å²) in [5, 5.41) is 0.660. The molecule has 1 fully saturated rings. The van der Waals surface area contributed by atoms with E-state index >= 15 is 0 Å². The predicted molar refractivity (Wildman–Crippen MR) is 128 cm³/mol. The molecule has 1 atom stereocenters. The highest BCUT2D eigenvalue weighted by atomic mass is 35.5. The zero-order valence-electron chi connectivity index (χ0n) is 18.2. The van der Waals surface area contributed by atoms with Gasteiger partial charge in [0, 0.05) is 34.7 Å². The fraction of sp³-hybridized carbons (Fsp3) is 0.154. The normalized spacial score (nSPS) is 17.2. The summed E-state index contributed by atoms with van der Waals surface area (Å²) in [6.07, 6.45) is 0.123. The fourth-order valence-electron chi connectivity index (χ4n) is 4.20. The Balaban J connectivity index is 1.35. The van der Waals surface area contributed by atoms with Crippen LogP contribution in [0.1, 0.15) is 29.0 Å². The lowest BCUT2D eigenvalue weighted by molar-refractivity contribution is -0.146. The zero-order chi connectivity index (χ0) is 23.8. The van der Waals surface area contributed by atoms with Crippen molar-refractivity contribution in [3.8, 4) is 11.5 Å². The van der Waals surface area contributed by atoms with Crippen LogP contribution in [0, 0.1) is 0 Å². The van der Waals surface area contributed by atoms with Crippen LogP contribution >= 0.6 is 11.6 Å². The Hall–Kier alpha value is -3.97. The summed E-state index contributed by atoms with van der Waals surface area (Å²) in [4.78, 5) is 27.4. The first kappa shape index (κ1) is 21.9. The van der Waals surface area contributed by atoms with E-state index < -0.39 is 11.8 Å². The summed E-state index contributed by atoms with van der Waals surface area (Å²) in [7, 11) is 0. The maximum Gasteiger partial charge on any atom is 0.262 e. The molecule has 0 aliphatic carbocycles. The largest absolute Gasteiger partial charge is 0.489 e. The van der Waals surface area contributed by atoms with Gasteiger partial charge in [0.2, 0.25) is 5.91 Å². The van der Waals surface area contributed by atoms with Gasteiger partial charge in [-0.2, -0.15) is 0 Å². The Bertz CT molecular complexity index is 1300. The molecule has 1 saturated heterocycles. The molecule has 2 aliphatic heterocycles. The second-order valence-corrected chi connectivity index (χ2v) is 8.71. The lowest BCUT2D eigenvalue weighted by atomic mass is 9.82. The number of benzene rings is 3. The lowest BCUT2D eigenvalue weighted by Crippen LogP contribution is -2.46. The topological polar surface area (TPSA) is 108 Å². The van der Waals surface area contributed by atoms with Crippen LogP contribution in [-0.2, 0) is 22.7 Å². The number of ether oxygens (including phenoxy) is 2. The van der Waals surface area contributed by atoms with Gasteiger partial charge in [0.1, 0.15) is 18.1 Å². The van der Waals surface area contributed by atoms with E-state index in [-0.39, 0.29) is 24.8 Å². The van der Waals surface area contributed by atoms with Crippen LogP contribution in [0.3, 0.4) is 0 Å². The van der Waals surface area contributed by atoms with Crippen molar-refractivity contribution in [3.63, 3.8) is 0 Å². The van der Waals surface area contributed by atoms with Crippen molar-refractivity contribution in [2.75, 3.05) is 5.73 Å². The standard InChI is InChI=1S/C26H22ClN3O4/c27-17-5-1-16(2-6-17)14-33-19-9-10-20-21-12-23(31)30(13-15-3-7-18(28)8-4-15)26(32)24(21)25(29)34-22(20)11-19/h1-11,21H,12-14,28-29H2. The van der Waals surface area contributed by atoms with Crippen LogP contribution < -0.4 is 20.9 Å². The van der Waals surface area contributed by atoms with Crippen LogP contribution in [0.25, 0.3) is 0 Å². The quantitative estimate of drug-likeness (QED) is 0.424. The number of carbonyl (C=O) groups is 2. The molecule has 2 amide bonds. The van der Waals surface area contributed by atoms with Gasteiger partial charge in [-0.25, -0.2) is 0 Å². The number of nitrogen functional groups attached to an aromatic ring is 1. The van der Waals surface area contributed by atoms with Gasteiger partial charge >= 0.3 is 0 Å². The number of hydrogen-bond acceptors (Lipinski definition) is 6. The highest BCUT2D eigenvalue weighted by Crippen LogP contribution is 2.45. The minimum absolute atomic E-state index is 0.00663. The second kappa shape index (κ2) is 8.76. The van der Waals surface area contributed by atoms with E-state index in [0.717, 1.165) is 16.7 Å². The van der Waals surface area contributed by atoms with Crippen LogP contribution in [0.2, 0.25) is 5.02 Å². The summed E-state index contributed by atoms with van der Waals surface area (Å²) in [5.41, 5.74) is 15.3. The average Bonchev–Trinajstić information content (AvgIpc) is 2.82. The first-order valence-electron chi connectivity index (χ1n) is 10.8. The maximum atomic E-state index is 13.2. The number of carbonyl (C=O) groups excluding carboxylic acids is 2. The third-order valence-corrected chi connectivity index (χ3v) is 6.24. The molecule has 4 N–H and O–H groups in total. The maximum absolute atomic E-state index is 13.2. The molecule has 8 heteroatoms. The second-order valence-electron chi connectivity index (χ2n) is 8.28. The van der Waals surface area contributed by atoms with Crippen molar-refractivity contribution in [3.05, 3.63) is 99.9 Å². The summed E-state index contributed by atoms with van der Waals surface area (Å²) < 4.78 is 11.7. The molecular formula is C26H22ClN3O4. The van der Waals surface area contributed by atoms with E-state index in [4.69, 9.17) is 32.5 Å². The Morgan fingerprint density at radius 1 is 0.971 bits per heavy atom. The number of fused-ring (bicyclic) bond motifs is 3. The van der Waals surface area contributed by atoms with E-state index in [1.165, 1.54) is 4.90 Å². The molecule has 1 unspecified atom stereocenters. The van der Waals surface area contributed by atoms with Crippen LogP contribution in [0.5, 0.6) is 11.5 Å². The first-order chi connectivity index (χ1) is 16.4. The minimum atomic E-state index is -0.461. The van der Waals surface area contributed by atoms with Crippen molar-refractivity contribution in [1.29, 1.82) is 0 Å². The van der Waals surface area contributed by atoms with Gasteiger partial charge in [-0.1, -0.05) is 41.9 Å². The minimum Gasteiger partial charge on any atom is -0.489 e. The molecule has 7 nitrogen and oxygen atoms in total. The molecule has 2 heterocycles. The SMILES string of the molecule is NC1=C2C(=O)N(Cc3ccc(N)cc3)C(=O)CC2c2ccc(OCc3ccc(Cl)cc3)cc2O1. The molecule has 172 valence electrons. The number of halogens is 1. The Morgan fingerprint density at radius 2 is 1.68 bits per heavy atom. The van der Waals surface area contributed by atoms with E-state index in [0.29, 0.717) is 34.4 Å². The molecule has 2 aliphatic rings. The molecule has 3 aromatic rings. The number of amides is 2. The van der Waals surface area contributed by atoms with Gasteiger partial charge in [0.25, 0.3) is 5.91 Å². The van der Waals surface area contributed by atoms with Gasteiger partial charge < -0.3 is 20.9 Å². The van der Waals surface area contributed by atoms with Gasteiger partial charge in [0.15, 0.2) is 5.88 Å². The van der Waals surface area contributed by atoms with Crippen LogP contribution in [0.15, 0.2) is 78.2 Å². The van der Waals surface area contributed by atoms with Crippen molar-refractivity contribution >= 4 is 29.1 Å². The third kappa shape index (κ3) is 4.18. The summed E-state index contributed by atoms with van der Waals surface area (Å²) in [6, 6.07) is 19.8. The number of imide groups is 1. The Morgan fingerprint density at radius 3 is 2.41 bits per heavy atom. The van der Waals surface area contributed by atoms with E-state index in [1.807, 2.05) is 18.2 Å². The molecular weight excluding hydrogens is 454 g/mol. The predicted octanol–water partition coefficient (Wildman–Crippen LogP) is 4.11. The molecule has 3 aromatic carbocycles. The van der Waals surface area contributed by atoms with Gasteiger partial charge in [-0.05, 0) is 41.5 Å². The van der Waals surface area contributed by atoms with Gasteiger partial charge in [-0.15, -0.1) is 0 Å². The number of nitrogens with zero attached hydrogens (tertiary/aromatic N) is 1. The van der Waals surface area contributed by atoms with E-state index in [2.05, 4.69) is 0 Å². The molecule has 0 radical (unpaired) electrons. The highest BCUT2D eigenvalue weighted by Gasteiger charge is 2.43. The van der Waals surface area contributed by atoms with Gasteiger partial charge in [-0.3, -0.25) is 14.5 Å². The Labute approximate surface area is 201 Å². The monoisotopic (exact) mass is 475 g/mol. The lowest BCUT2D eigenvalue weighted by Gasteiger charge is -2.36. The smallest absolute Gasteiger partial charge is 0.262 e. The van der Waals surface area contributed by atoms with E-state index in [1.54, 1.807) is 48.5 Å². The van der Waals surface area contributed by atoms with Crippen molar-refractivity contribution < 1.29 is 19.1 Å². The average molecular weight is 476 g/mol.